The van der Waals surface area contributed by atoms with E-state index in [1.165, 1.54) is 0 Å². The Balaban J connectivity index is 1.81. The minimum absolute atomic E-state index is 0.0604. The highest BCUT2D eigenvalue weighted by Gasteiger charge is 2.74. The summed E-state index contributed by atoms with van der Waals surface area (Å²) in [5, 5.41) is 0. The molecule has 0 N–H and O–H groups in total. The van der Waals surface area contributed by atoms with Crippen molar-refractivity contribution in [3.63, 3.8) is 0 Å². The maximum atomic E-state index is 12.6. The van der Waals surface area contributed by atoms with Gasteiger partial charge in [0.25, 0.3) is 0 Å². The minimum atomic E-state index is -0.517. The van der Waals surface area contributed by atoms with Gasteiger partial charge < -0.3 is 13.9 Å². The maximum absolute atomic E-state index is 12.6. The Kier molecular flexibility index (Phi) is 2.33. The molecule has 0 spiro atoms. The second-order valence-corrected chi connectivity index (χ2v) is 7.86. The van der Waals surface area contributed by atoms with Crippen molar-refractivity contribution >= 4 is 5.97 Å². The van der Waals surface area contributed by atoms with E-state index in [-0.39, 0.29) is 41.2 Å². The number of carbonyl (C=O) groups is 1. The van der Waals surface area contributed by atoms with Crippen LogP contribution in [0.15, 0.2) is 15.3 Å². The molecule has 5 nitrogen and oxygen atoms in total. The van der Waals surface area contributed by atoms with Crippen LogP contribution in [0.5, 0.6) is 0 Å². The fourth-order valence-corrected chi connectivity index (χ4v) is 5.80. The molecule has 1 aromatic heterocycles. The summed E-state index contributed by atoms with van der Waals surface area (Å²) in [6, 6.07) is 1.62. The van der Waals surface area contributed by atoms with Crippen LogP contribution in [0.4, 0.5) is 0 Å². The van der Waals surface area contributed by atoms with Crippen molar-refractivity contribution in [2.75, 3.05) is 0 Å². The third-order valence-corrected chi connectivity index (χ3v) is 6.68. The largest absolute Gasteiger partial charge is 0.461 e. The zero-order chi connectivity index (χ0) is 16.1. The number of carbonyl (C=O) groups excluding carboxylic acids is 1. The van der Waals surface area contributed by atoms with Gasteiger partial charge in [-0.05, 0) is 24.5 Å². The van der Waals surface area contributed by atoms with Crippen LogP contribution in [0.1, 0.15) is 44.1 Å². The molecular weight excluding hydrogens is 296 g/mol. The highest BCUT2D eigenvalue weighted by molar-refractivity contribution is 5.81. The first-order valence-electron chi connectivity index (χ1n) is 8.42. The molecule has 1 aromatic rings. The Morgan fingerprint density at radius 3 is 2.78 bits per heavy atom. The molecule has 0 aromatic carbocycles. The van der Waals surface area contributed by atoms with Crippen molar-refractivity contribution in [2.45, 2.75) is 63.8 Å². The smallest absolute Gasteiger partial charge is 0.336 e. The van der Waals surface area contributed by atoms with Crippen LogP contribution in [0.25, 0.3) is 0 Å². The molecule has 0 amide bonds. The van der Waals surface area contributed by atoms with E-state index in [9.17, 15) is 9.59 Å². The molecule has 3 fully saturated rings. The Morgan fingerprint density at radius 1 is 1.26 bits per heavy atom. The zero-order valence-corrected chi connectivity index (χ0v) is 13.5. The fourth-order valence-electron chi connectivity index (χ4n) is 5.80. The fraction of sp³-hybridized carbons (Fsp3) is 0.667. The first-order chi connectivity index (χ1) is 10.9. The number of epoxide rings is 1. The average molecular weight is 316 g/mol. The molecule has 122 valence electrons. The second-order valence-electron chi connectivity index (χ2n) is 7.86. The molecule has 2 saturated heterocycles. The zero-order valence-electron chi connectivity index (χ0n) is 13.5. The summed E-state index contributed by atoms with van der Waals surface area (Å²) in [6.45, 7) is 6.13. The second kappa shape index (κ2) is 3.89. The van der Waals surface area contributed by atoms with Gasteiger partial charge in [-0.15, -0.1) is 0 Å². The monoisotopic (exact) mass is 316 g/mol. The van der Waals surface area contributed by atoms with E-state index < -0.39 is 5.41 Å². The Morgan fingerprint density at radius 2 is 2.04 bits per heavy atom. The summed E-state index contributed by atoms with van der Waals surface area (Å²) in [5.74, 6) is 0.669. The predicted molar refractivity (Wildman–Crippen MR) is 80.2 cm³/mol. The van der Waals surface area contributed by atoms with Crippen LogP contribution < -0.4 is 5.63 Å². The molecule has 6 atom stereocenters. The summed E-state index contributed by atoms with van der Waals surface area (Å²) >= 11 is 0. The topological polar surface area (TPSA) is 69.0 Å². The first-order valence-corrected chi connectivity index (χ1v) is 8.42. The van der Waals surface area contributed by atoms with E-state index in [1.54, 1.807) is 6.07 Å². The molecule has 5 heteroatoms. The van der Waals surface area contributed by atoms with Gasteiger partial charge >= 0.3 is 11.6 Å². The number of hydrogen-bond donors (Lipinski definition) is 0. The van der Waals surface area contributed by atoms with Crippen LogP contribution in [0.3, 0.4) is 0 Å². The minimum Gasteiger partial charge on any atom is -0.461 e. The molecule has 3 heterocycles. The van der Waals surface area contributed by atoms with Gasteiger partial charge in [0.1, 0.15) is 11.9 Å². The number of aryl methyl sites for hydroxylation is 1. The van der Waals surface area contributed by atoms with Crippen LogP contribution in [0, 0.1) is 11.3 Å². The summed E-state index contributed by atoms with van der Waals surface area (Å²) in [7, 11) is 0. The standard InChI is InChI=1S/C18H20O5/c1-4-10-8-5-11-14-17(2,16(20)23-11)7-12-15(22-12)18(14,3)9(8)6-13(19)21-10/h6,11-12,14-15H,4-5,7H2,1-3H3/t11?,12?,14?,15?,17-,18?/m0/s1. The maximum Gasteiger partial charge on any atom is 0.336 e. The highest BCUT2D eigenvalue weighted by atomic mass is 16.6. The van der Waals surface area contributed by atoms with Gasteiger partial charge in [-0.1, -0.05) is 13.8 Å². The van der Waals surface area contributed by atoms with Crippen LogP contribution in [-0.4, -0.2) is 24.3 Å². The molecule has 4 aliphatic rings. The average Bonchev–Trinajstić information content (AvgIpc) is 3.22. The van der Waals surface area contributed by atoms with E-state index in [0.717, 1.165) is 23.3 Å². The summed E-state index contributed by atoms with van der Waals surface area (Å²) in [5.41, 5.74) is 0.877. The number of ether oxygens (including phenoxy) is 2. The molecule has 5 unspecified atom stereocenters. The lowest BCUT2D eigenvalue weighted by molar-refractivity contribution is -0.148. The Hall–Kier alpha value is -1.62. The van der Waals surface area contributed by atoms with E-state index in [1.807, 2.05) is 13.8 Å². The molecule has 2 aliphatic carbocycles. The van der Waals surface area contributed by atoms with Crippen molar-refractivity contribution in [3.05, 3.63) is 33.4 Å². The van der Waals surface area contributed by atoms with E-state index in [0.29, 0.717) is 12.8 Å². The molecular formula is C18H20O5. The Labute approximate surface area is 134 Å². The molecule has 5 rings (SSSR count). The van der Waals surface area contributed by atoms with Gasteiger partial charge in [0.2, 0.25) is 0 Å². The van der Waals surface area contributed by atoms with Crippen molar-refractivity contribution in [2.24, 2.45) is 11.3 Å². The number of hydrogen-bond acceptors (Lipinski definition) is 5. The summed E-state index contributed by atoms with van der Waals surface area (Å²) in [6.07, 6.45) is 2.05. The van der Waals surface area contributed by atoms with Crippen LogP contribution >= 0.6 is 0 Å². The van der Waals surface area contributed by atoms with E-state index in [4.69, 9.17) is 13.9 Å². The van der Waals surface area contributed by atoms with E-state index >= 15 is 0 Å². The normalized spacial score (nSPS) is 45.8. The lowest BCUT2D eigenvalue weighted by Crippen LogP contribution is -2.56. The molecule has 0 radical (unpaired) electrons. The lowest BCUT2D eigenvalue weighted by atomic mass is 9.50. The number of fused-ring (bicyclic) bond motifs is 4. The molecule has 1 saturated carbocycles. The highest BCUT2D eigenvalue weighted by Crippen LogP contribution is 2.66. The SMILES string of the molecule is CCc1oc(=O)cc2c1CC1OC(=O)[C@@]3(C)CC4OC4C2(C)C13. The van der Waals surface area contributed by atoms with Crippen molar-refractivity contribution < 1.29 is 18.7 Å². The third-order valence-electron chi connectivity index (χ3n) is 6.68. The summed E-state index contributed by atoms with van der Waals surface area (Å²) < 4.78 is 17.2. The molecule has 2 aliphatic heterocycles. The lowest BCUT2D eigenvalue weighted by Gasteiger charge is -2.49. The number of rotatable bonds is 1. The van der Waals surface area contributed by atoms with Gasteiger partial charge in [0.05, 0.1) is 17.6 Å². The summed E-state index contributed by atoms with van der Waals surface area (Å²) in [4.78, 5) is 24.7. The third kappa shape index (κ3) is 1.43. The van der Waals surface area contributed by atoms with Gasteiger partial charge in [-0.25, -0.2) is 4.79 Å². The first kappa shape index (κ1) is 13.8. The number of esters is 1. The van der Waals surface area contributed by atoms with E-state index in [2.05, 4.69) is 6.92 Å². The molecule has 23 heavy (non-hydrogen) atoms. The van der Waals surface area contributed by atoms with Crippen molar-refractivity contribution in [1.82, 2.24) is 0 Å². The van der Waals surface area contributed by atoms with Crippen molar-refractivity contribution in [1.29, 1.82) is 0 Å². The molecule has 0 bridgehead atoms. The van der Waals surface area contributed by atoms with Gasteiger partial charge in [-0.3, -0.25) is 4.79 Å². The van der Waals surface area contributed by atoms with Gasteiger partial charge in [0.15, 0.2) is 0 Å². The van der Waals surface area contributed by atoms with Crippen LogP contribution in [-0.2, 0) is 32.5 Å². The predicted octanol–water partition coefficient (Wildman–Crippen LogP) is 1.74. The quantitative estimate of drug-likeness (QED) is 0.583. The van der Waals surface area contributed by atoms with Gasteiger partial charge in [0, 0.05) is 30.2 Å². The van der Waals surface area contributed by atoms with Crippen molar-refractivity contribution in [3.8, 4) is 0 Å². The van der Waals surface area contributed by atoms with Gasteiger partial charge in [-0.2, -0.15) is 0 Å². The Bertz CT molecular complexity index is 795. The van der Waals surface area contributed by atoms with Crippen LogP contribution in [0.2, 0.25) is 0 Å².